The maximum Gasteiger partial charge on any atom is 0.240 e. The summed E-state index contributed by atoms with van der Waals surface area (Å²) in [6, 6.07) is 5.74. The van der Waals surface area contributed by atoms with Crippen LogP contribution >= 0.6 is 0 Å². The van der Waals surface area contributed by atoms with E-state index < -0.39 is 10.0 Å². The molecule has 122 valence electrons. The second-order valence-corrected chi connectivity index (χ2v) is 8.07. The lowest BCUT2D eigenvalue weighted by atomic mass is 10.1. The summed E-state index contributed by atoms with van der Waals surface area (Å²) in [5.74, 6) is -0.239. The zero-order valence-electron chi connectivity index (χ0n) is 13.4. The second-order valence-electron chi connectivity index (χ2n) is 6.16. The number of hydrogen-bond acceptors (Lipinski definition) is 3. The maximum atomic E-state index is 12.2. The van der Waals surface area contributed by atoms with Crippen LogP contribution in [0.1, 0.15) is 36.8 Å². The summed E-state index contributed by atoms with van der Waals surface area (Å²) in [4.78, 5) is 12.2. The van der Waals surface area contributed by atoms with E-state index in [2.05, 4.69) is 5.32 Å². The Morgan fingerprint density at radius 3 is 2.23 bits per heavy atom. The van der Waals surface area contributed by atoms with E-state index in [1.165, 1.54) is 4.31 Å². The summed E-state index contributed by atoms with van der Waals surface area (Å²) in [5.41, 5.74) is 2.49. The summed E-state index contributed by atoms with van der Waals surface area (Å²) >= 11 is 0. The van der Waals surface area contributed by atoms with Gasteiger partial charge in [0.05, 0.1) is 11.9 Å². The van der Waals surface area contributed by atoms with Crippen LogP contribution < -0.4 is 9.62 Å². The number of amides is 1. The number of hydrogen-bond donors (Lipinski definition) is 1. The van der Waals surface area contributed by atoms with E-state index in [0.717, 1.165) is 43.1 Å². The Balaban J connectivity index is 2.17. The van der Waals surface area contributed by atoms with Crippen molar-refractivity contribution in [3.8, 4) is 0 Å². The molecule has 6 heteroatoms. The molecule has 1 aromatic carbocycles. The lowest BCUT2D eigenvalue weighted by molar-refractivity contribution is -0.120. The molecule has 1 amide bonds. The quantitative estimate of drug-likeness (QED) is 0.902. The Hall–Kier alpha value is -1.56. The molecule has 5 nitrogen and oxygen atoms in total. The number of carbonyl (C=O) groups excluding carboxylic acids is 1. The molecule has 0 aliphatic heterocycles. The molecule has 0 saturated heterocycles. The van der Waals surface area contributed by atoms with Crippen LogP contribution in [0.25, 0.3) is 0 Å². The third-order valence-electron chi connectivity index (χ3n) is 3.90. The van der Waals surface area contributed by atoms with Crippen LogP contribution in [0.15, 0.2) is 18.2 Å². The number of nitrogens with zero attached hydrogens (tertiary/aromatic N) is 1. The summed E-state index contributed by atoms with van der Waals surface area (Å²) in [5, 5.41) is 2.94. The summed E-state index contributed by atoms with van der Waals surface area (Å²) < 4.78 is 25.3. The molecular weight excluding hydrogens is 300 g/mol. The number of carbonyl (C=O) groups is 1. The molecular formula is C16H24N2O3S. The van der Waals surface area contributed by atoms with Crippen molar-refractivity contribution in [2.75, 3.05) is 17.1 Å². The van der Waals surface area contributed by atoms with Crippen molar-refractivity contribution in [2.45, 2.75) is 45.6 Å². The van der Waals surface area contributed by atoms with Gasteiger partial charge in [0.1, 0.15) is 6.54 Å². The number of rotatable bonds is 5. The van der Waals surface area contributed by atoms with Gasteiger partial charge in [-0.15, -0.1) is 0 Å². The molecule has 1 aliphatic rings. The minimum Gasteiger partial charge on any atom is -0.352 e. The zero-order chi connectivity index (χ0) is 16.3. The number of sulfonamides is 1. The van der Waals surface area contributed by atoms with E-state index in [1.54, 1.807) is 12.1 Å². The summed E-state index contributed by atoms with van der Waals surface area (Å²) in [6.45, 7) is 3.66. The van der Waals surface area contributed by atoms with Crippen molar-refractivity contribution in [2.24, 2.45) is 0 Å². The van der Waals surface area contributed by atoms with Gasteiger partial charge in [-0.25, -0.2) is 8.42 Å². The van der Waals surface area contributed by atoms with E-state index in [9.17, 15) is 13.2 Å². The molecule has 0 spiro atoms. The third-order valence-corrected chi connectivity index (χ3v) is 5.04. The fraction of sp³-hybridized carbons (Fsp3) is 0.562. The van der Waals surface area contributed by atoms with Gasteiger partial charge in [0.25, 0.3) is 0 Å². The number of anilines is 1. The van der Waals surface area contributed by atoms with Gasteiger partial charge in [0.15, 0.2) is 0 Å². The van der Waals surface area contributed by atoms with Crippen molar-refractivity contribution in [3.63, 3.8) is 0 Å². The van der Waals surface area contributed by atoms with Crippen LogP contribution in [-0.4, -0.2) is 33.2 Å². The van der Waals surface area contributed by atoms with Gasteiger partial charge >= 0.3 is 0 Å². The summed E-state index contributed by atoms with van der Waals surface area (Å²) in [6.07, 6.45) is 5.34. The maximum absolute atomic E-state index is 12.2. The molecule has 0 heterocycles. The van der Waals surface area contributed by atoms with E-state index >= 15 is 0 Å². The molecule has 0 radical (unpaired) electrons. The highest BCUT2D eigenvalue weighted by Gasteiger charge is 2.23. The molecule has 0 aromatic heterocycles. The fourth-order valence-electron chi connectivity index (χ4n) is 2.97. The molecule has 1 fully saturated rings. The first-order valence-electron chi connectivity index (χ1n) is 7.61. The molecule has 0 bridgehead atoms. The van der Waals surface area contributed by atoms with Gasteiger partial charge < -0.3 is 5.32 Å². The minimum absolute atomic E-state index is 0.168. The molecule has 0 atom stereocenters. The van der Waals surface area contributed by atoms with Crippen molar-refractivity contribution >= 4 is 21.6 Å². The SMILES string of the molecule is Cc1cc(C)cc(N(CC(=O)NC2CCCC2)S(C)(=O)=O)c1. The van der Waals surface area contributed by atoms with E-state index in [0.29, 0.717) is 5.69 Å². The van der Waals surface area contributed by atoms with Crippen LogP contribution in [0.5, 0.6) is 0 Å². The number of aryl methyl sites for hydroxylation is 2. The minimum atomic E-state index is -3.51. The predicted octanol–water partition coefficient (Wildman–Crippen LogP) is 2.13. The van der Waals surface area contributed by atoms with Gasteiger partial charge in [-0.3, -0.25) is 9.10 Å². The lowest BCUT2D eigenvalue weighted by Crippen LogP contribution is -2.43. The Morgan fingerprint density at radius 2 is 1.73 bits per heavy atom. The average Bonchev–Trinajstić information content (AvgIpc) is 2.86. The molecule has 22 heavy (non-hydrogen) atoms. The Morgan fingerprint density at radius 1 is 1.18 bits per heavy atom. The third kappa shape index (κ3) is 4.47. The van der Waals surface area contributed by atoms with Crippen LogP contribution in [0.4, 0.5) is 5.69 Å². The van der Waals surface area contributed by atoms with Crippen LogP contribution in [0.2, 0.25) is 0 Å². The van der Waals surface area contributed by atoms with Gasteiger partial charge in [0.2, 0.25) is 15.9 Å². The Labute approximate surface area is 132 Å². The Kier molecular flexibility index (Phi) is 5.11. The van der Waals surface area contributed by atoms with Crippen LogP contribution in [0, 0.1) is 13.8 Å². The van der Waals surface area contributed by atoms with E-state index in [4.69, 9.17) is 0 Å². The molecule has 2 rings (SSSR count). The van der Waals surface area contributed by atoms with Gasteiger partial charge in [-0.2, -0.15) is 0 Å². The van der Waals surface area contributed by atoms with Crippen LogP contribution in [0.3, 0.4) is 0 Å². The monoisotopic (exact) mass is 324 g/mol. The predicted molar refractivity (Wildman–Crippen MR) is 88.5 cm³/mol. The average molecular weight is 324 g/mol. The highest BCUT2D eigenvalue weighted by atomic mass is 32.2. The number of nitrogens with one attached hydrogen (secondary N) is 1. The zero-order valence-corrected chi connectivity index (χ0v) is 14.2. The largest absolute Gasteiger partial charge is 0.352 e. The highest BCUT2D eigenvalue weighted by Crippen LogP contribution is 2.22. The van der Waals surface area contributed by atoms with Gasteiger partial charge in [-0.1, -0.05) is 18.9 Å². The topological polar surface area (TPSA) is 66.5 Å². The molecule has 0 unspecified atom stereocenters. The first-order valence-corrected chi connectivity index (χ1v) is 9.46. The van der Waals surface area contributed by atoms with Crippen molar-refractivity contribution in [1.82, 2.24) is 5.32 Å². The highest BCUT2D eigenvalue weighted by molar-refractivity contribution is 7.92. The van der Waals surface area contributed by atoms with Crippen molar-refractivity contribution < 1.29 is 13.2 Å². The van der Waals surface area contributed by atoms with Crippen LogP contribution in [-0.2, 0) is 14.8 Å². The molecule has 1 N–H and O–H groups in total. The molecule has 1 saturated carbocycles. The normalized spacial score (nSPS) is 15.8. The Bertz CT molecular complexity index is 629. The number of benzene rings is 1. The molecule has 1 aliphatic carbocycles. The molecule has 1 aromatic rings. The van der Waals surface area contributed by atoms with Crippen molar-refractivity contribution in [3.05, 3.63) is 29.3 Å². The fourth-order valence-corrected chi connectivity index (χ4v) is 3.81. The lowest BCUT2D eigenvalue weighted by Gasteiger charge is -2.23. The van der Waals surface area contributed by atoms with Crippen molar-refractivity contribution in [1.29, 1.82) is 0 Å². The van der Waals surface area contributed by atoms with E-state index in [-0.39, 0.29) is 18.5 Å². The van der Waals surface area contributed by atoms with Gasteiger partial charge in [-0.05, 0) is 49.9 Å². The standard InChI is InChI=1S/C16H24N2O3S/c1-12-8-13(2)10-15(9-12)18(22(3,20)21)11-16(19)17-14-6-4-5-7-14/h8-10,14H,4-7,11H2,1-3H3,(H,17,19). The first kappa shape index (κ1) is 16.8. The van der Waals surface area contributed by atoms with Gasteiger partial charge in [0, 0.05) is 6.04 Å². The first-order chi connectivity index (χ1) is 10.3. The summed E-state index contributed by atoms with van der Waals surface area (Å²) in [7, 11) is -3.51. The smallest absolute Gasteiger partial charge is 0.240 e. The van der Waals surface area contributed by atoms with E-state index in [1.807, 2.05) is 19.9 Å². The second kappa shape index (κ2) is 6.69.